The van der Waals surface area contributed by atoms with Crippen LogP contribution < -0.4 is 4.90 Å². The van der Waals surface area contributed by atoms with Crippen LogP contribution in [0.5, 0.6) is 0 Å². The van der Waals surface area contributed by atoms with Crippen molar-refractivity contribution in [2.75, 3.05) is 57.3 Å². The van der Waals surface area contributed by atoms with Gasteiger partial charge in [0.1, 0.15) is 5.82 Å². The largest absolute Gasteiger partial charge is 0.354 e. The molecule has 0 aliphatic carbocycles. The fourth-order valence-corrected chi connectivity index (χ4v) is 3.54. The fraction of sp³-hybridized carbons (Fsp3) is 0.611. The number of anilines is 1. The minimum atomic E-state index is -0.116. The second-order valence-corrected chi connectivity index (χ2v) is 6.72. The Morgan fingerprint density at radius 3 is 2.16 bits per heavy atom. The zero-order valence-electron chi connectivity index (χ0n) is 15.1. The third kappa shape index (κ3) is 4.10. The van der Waals surface area contributed by atoms with E-state index in [1.807, 2.05) is 36.2 Å². The maximum absolute atomic E-state index is 12.8. The first-order chi connectivity index (χ1) is 12.1. The van der Waals surface area contributed by atoms with Gasteiger partial charge in [-0.25, -0.2) is 4.98 Å². The van der Waals surface area contributed by atoms with Crippen molar-refractivity contribution in [2.45, 2.75) is 19.9 Å². The normalized spacial score (nSPS) is 20.5. The lowest BCUT2D eigenvalue weighted by Gasteiger charge is -2.41. The van der Waals surface area contributed by atoms with E-state index < -0.39 is 0 Å². The molecule has 3 rings (SSSR count). The quantitative estimate of drug-likeness (QED) is 0.788. The fourth-order valence-electron chi connectivity index (χ4n) is 3.54. The van der Waals surface area contributed by atoms with Crippen molar-refractivity contribution in [3.8, 4) is 0 Å². The molecule has 0 radical (unpaired) electrons. The highest BCUT2D eigenvalue weighted by Gasteiger charge is 2.31. The lowest BCUT2D eigenvalue weighted by molar-refractivity contribution is -0.142. The van der Waals surface area contributed by atoms with Gasteiger partial charge in [-0.3, -0.25) is 14.5 Å². The number of rotatable bonds is 3. The van der Waals surface area contributed by atoms with Crippen molar-refractivity contribution in [1.82, 2.24) is 19.7 Å². The first-order valence-corrected chi connectivity index (χ1v) is 9.00. The maximum Gasteiger partial charge on any atom is 0.239 e. The van der Waals surface area contributed by atoms with Gasteiger partial charge in [0, 0.05) is 65.5 Å². The maximum atomic E-state index is 12.8. The average Bonchev–Trinajstić information content (AvgIpc) is 2.67. The van der Waals surface area contributed by atoms with Crippen LogP contribution in [0.25, 0.3) is 0 Å². The Hall–Kier alpha value is -2.15. The molecule has 0 spiro atoms. The van der Waals surface area contributed by atoms with E-state index in [1.54, 1.807) is 11.8 Å². The predicted molar refractivity (Wildman–Crippen MR) is 96.3 cm³/mol. The number of piperazine rings is 2. The molecule has 0 saturated carbocycles. The number of hydrogen-bond donors (Lipinski definition) is 0. The topological polar surface area (TPSA) is 60.0 Å². The van der Waals surface area contributed by atoms with Gasteiger partial charge >= 0.3 is 0 Å². The molecule has 136 valence electrons. The van der Waals surface area contributed by atoms with Crippen molar-refractivity contribution < 1.29 is 9.59 Å². The Kier molecular flexibility index (Phi) is 5.53. The van der Waals surface area contributed by atoms with Crippen molar-refractivity contribution >= 4 is 17.6 Å². The third-order valence-corrected chi connectivity index (χ3v) is 5.23. The zero-order valence-corrected chi connectivity index (χ0v) is 15.1. The van der Waals surface area contributed by atoms with Crippen molar-refractivity contribution in [2.24, 2.45) is 0 Å². The molecule has 1 atom stereocenters. The van der Waals surface area contributed by atoms with Crippen LogP contribution in [0.1, 0.15) is 13.8 Å². The summed E-state index contributed by atoms with van der Waals surface area (Å²) in [5, 5.41) is 0. The monoisotopic (exact) mass is 345 g/mol. The third-order valence-electron chi connectivity index (χ3n) is 5.23. The summed E-state index contributed by atoms with van der Waals surface area (Å²) in [5.41, 5.74) is 0. The van der Waals surface area contributed by atoms with E-state index in [-0.39, 0.29) is 17.9 Å². The van der Waals surface area contributed by atoms with Crippen molar-refractivity contribution in [3.05, 3.63) is 24.4 Å². The average molecular weight is 345 g/mol. The van der Waals surface area contributed by atoms with Crippen molar-refractivity contribution in [1.29, 1.82) is 0 Å². The molecule has 0 N–H and O–H groups in total. The summed E-state index contributed by atoms with van der Waals surface area (Å²) >= 11 is 0. The summed E-state index contributed by atoms with van der Waals surface area (Å²) in [7, 11) is 0. The summed E-state index contributed by atoms with van der Waals surface area (Å²) < 4.78 is 0. The lowest BCUT2D eigenvalue weighted by Crippen LogP contribution is -2.57. The highest BCUT2D eigenvalue weighted by molar-refractivity contribution is 5.82. The van der Waals surface area contributed by atoms with Gasteiger partial charge < -0.3 is 14.7 Å². The molecule has 0 aromatic carbocycles. The standard InChI is InChI=1S/C18H27N5O2/c1-15(18(25)23-13-9-21(10-14-23)16(2)24)20-7-11-22(12-8-20)17-5-3-4-6-19-17/h3-6,15H,7-14H2,1-2H3. The number of amides is 2. The number of nitrogens with zero attached hydrogens (tertiary/aromatic N) is 5. The highest BCUT2D eigenvalue weighted by atomic mass is 16.2. The van der Waals surface area contributed by atoms with Gasteiger partial charge in [0.2, 0.25) is 11.8 Å². The Morgan fingerprint density at radius 2 is 1.60 bits per heavy atom. The molecule has 0 bridgehead atoms. The molecule has 2 amide bonds. The summed E-state index contributed by atoms with van der Waals surface area (Å²) in [6.07, 6.45) is 1.81. The van der Waals surface area contributed by atoms with Crippen molar-refractivity contribution in [3.63, 3.8) is 0 Å². The minimum absolute atomic E-state index is 0.0887. The smallest absolute Gasteiger partial charge is 0.239 e. The number of carbonyl (C=O) groups excluding carboxylic acids is 2. The van der Waals surface area contributed by atoms with Crippen LogP contribution in [-0.4, -0.2) is 89.9 Å². The van der Waals surface area contributed by atoms with Crippen LogP contribution in [0.2, 0.25) is 0 Å². The molecular formula is C18H27N5O2. The Labute approximate surface area is 149 Å². The molecule has 2 saturated heterocycles. The van der Waals surface area contributed by atoms with Gasteiger partial charge in [-0.2, -0.15) is 0 Å². The molecule has 7 heteroatoms. The molecule has 25 heavy (non-hydrogen) atoms. The second kappa shape index (κ2) is 7.82. The SMILES string of the molecule is CC(=O)N1CCN(C(=O)C(C)N2CCN(c3ccccn3)CC2)CC1. The van der Waals surface area contributed by atoms with E-state index in [1.165, 1.54) is 0 Å². The second-order valence-electron chi connectivity index (χ2n) is 6.72. The van der Waals surface area contributed by atoms with Crippen LogP contribution in [0, 0.1) is 0 Å². The Bertz CT molecular complexity index is 593. The summed E-state index contributed by atoms with van der Waals surface area (Å²) in [6, 6.07) is 5.84. The first-order valence-electron chi connectivity index (χ1n) is 9.00. The van der Waals surface area contributed by atoms with Crippen LogP contribution in [0.3, 0.4) is 0 Å². The molecule has 1 unspecified atom stereocenters. The van der Waals surface area contributed by atoms with E-state index in [0.717, 1.165) is 32.0 Å². The molecule has 2 fully saturated rings. The molecule has 2 aliphatic heterocycles. The Balaban J connectivity index is 1.50. The molecule has 7 nitrogen and oxygen atoms in total. The molecule has 1 aromatic rings. The van der Waals surface area contributed by atoms with E-state index in [4.69, 9.17) is 0 Å². The summed E-state index contributed by atoms with van der Waals surface area (Å²) in [6.45, 7) is 9.61. The van der Waals surface area contributed by atoms with Gasteiger partial charge in [0.25, 0.3) is 0 Å². The molecular weight excluding hydrogens is 318 g/mol. The number of aromatic nitrogens is 1. The molecule has 1 aromatic heterocycles. The van der Waals surface area contributed by atoms with E-state index in [0.29, 0.717) is 26.2 Å². The van der Waals surface area contributed by atoms with Crippen LogP contribution in [0.4, 0.5) is 5.82 Å². The number of carbonyl (C=O) groups is 2. The summed E-state index contributed by atoms with van der Waals surface area (Å²) in [4.78, 5) is 36.8. The van der Waals surface area contributed by atoms with Gasteiger partial charge in [0.15, 0.2) is 0 Å². The lowest BCUT2D eigenvalue weighted by atomic mass is 10.2. The Morgan fingerprint density at radius 1 is 0.960 bits per heavy atom. The van der Waals surface area contributed by atoms with E-state index >= 15 is 0 Å². The van der Waals surface area contributed by atoms with Crippen LogP contribution in [0.15, 0.2) is 24.4 Å². The van der Waals surface area contributed by atoms with Gasteiger partial charge in [-0.05, 0) is 19.1 Å². The molecule has 2 aliphatic rings. The van der Waals surface area contributed by atoms with Crippen LogP contribution in [-0.2, 0) is 9.59 Å². The first kappa shape index (κ1) is 17.7. The van der Waals surface area contributed by atoms with E-state index in [2.05, 4.69) is 14.8 Å². The number of pyridine rings is 1. The summed E-state index contributed by atoms with van der Waals surface area (Å²) in [5.74, 6) is 1.27. The molecule has 3 heterocycles. The minimum Gasteiger partial charge on any atom is -0.354 e. The van der Waals surface area contributed by atoms with E-state index in [9.17, 15) is 9.59 Å². The van der Waals surface area contributed by atoms with Gasteiger partial charge in [0.05, 0.1) is 6.04 Å². The number of hydrogen-bond acceptors (Lipinski definition) is 5. The highest BCUT2D eigenvalue weighted by Crippen LogP contribution is 2.15. The zero-order chi connectivity index (χ0) is 17.8. The van der Waals surface area contributed by atoms with Gasteiger partial charge in [-0.15, -0.1) is 0 Å². The predicted octanol–water partition coefficient (Wildman–Crippen LogP) is 0.283. The van der Waals surface area contributed by atoms with Gasteiger partial charge in [-0.1, -0.05) is 6.07 Å². The van der Waals surface area contributed by atoms with Crippen LogP contribution >= 0.6 is 0 Å².